The molecule has 1 rings (SSSR count). The van der Waals surface area contributed by atoms with Crippen molar-refractivity contribution in [3.8, 4) is 0 Å². The van der Waals surface area contributed by atoms with E-state index in [0.29, 0.717) is 5.56 Å². The first kappa shape index (κ1) is 16.2. The summed E-state index contributed by atoms with van der Waals surface area (Å²) in [6.45, 7) is 1.68. The number of halogens is 2. The predicted molar refractivity (Wildman–Crippen MR) is 73.3 cm³/mol. The second-order valence-corrected chi connectivity index (χ2v) is 6.39. The van der Waals surface area contributed by atoms with Crippen LogP contribution in [0.1, 0.15) is 18.4 Å². The fourth-order valence-corrected chi connectivity index (χ4v) is 3.65. The molecule has 2 N–H and O–H groups in total. The van der Waals surface area contributed by atoms with Crippen molar-refractivity contribution in [2.24, 2.45) is 0 Å². The van der Waals surface area contributed by atoms with Crippen LogP contribution in [0.2, 0.25) is 10.0 Å². The van der Waals surface area contributed by atoms with Gasteiger partial charge in [-0.3, -0.25) is 4.79 Å². The number of rotatable bonds is 6. The minimum Gasteiger partial charge on any atom is -0.481 e. The Morgan fingerprint density at radius 1 is 1.37 bits per heavy atom. The second-order valence-electron chi connectivity index (χ2n) is 3.90. The van der Waals surface area contributed by atoms with Crippen LogP contribution in [-0.4, -0.2) is 26.0 Å². The lowest BCUT2D eigenvalue weighted by molar-refractivity contribution is -0.137. The molecule has 0 aromatic heterocycles. The Hall–Kier alpha value is -0.820. The molecule has 0 aliphatic rings. The monoisotopic (exact) mass is 325 g/mol. The number of sulfonamides is 1. The highest BCUT2D eigenvalue weighted by molar-refractivity contribution is 7.89. The van der Waals surface area contributed by atoms with Gasteiger partial charge in [0.05, 0.1) is 10.0 Å². The van der Waals surface area contributed by atoms with E-state index in [4.69, 9.17) is 28.3 Å². The van der Waals surface area contributed by atoms with Gasteiger partial charge in [-0.05, 0) is 25.0 Å². The molecule has 0 heterocycles. The standard InChI is InChI=1S/C11H13Cl2NO4S/c1-7-4-5-8(12)11(10(7)13)19(17,18)14-6-2-3-9(15)16/h4-5,14H,2-3,6H2,1H3,(H,15,16). The largest absolute Gasteiger partial charge is 0.481 e. The molecule has 0 saturated carbocycles. The average Bonchev–Trinajstić information content (AvgIpc) is 2.29. The summed E-state index contributed by atoms with van der Waals surface area (Å²) in [6.07, 6.45) is 0.0768. The summed E-state index contributed by atoms with van der Waals surface area (Å²) in [5.41, 5.74) is 0.594. The lowest BCUT2D eigenvalue weighted by Gasteiger charge is -2.11. The molecular weight excluding hydrogens is 313 g/mol. The summed E-state index contributed by atoms with van der Waals surface area (Å²) in [4.78, 5) is 10.2. The Morgan fingerprint density at radius 2 is 2.00 bits per heavy atom. The second kappa shape index (κ2) is 6.56. The molecule has 1 aromatic rings. The van der Waals surface area contributed by atoms with Crippen LogP contribution in [0.15, 0.2) is 17.0 Å². The van der Waals surface area contributed by atoms with Crippen molar-refractivity contribution in [1.82, 2.24) is 4.72 Å². The number of hydrogen-bond acceptors (Lipinski definition) is 3. The van der Waals surface area contributed by atoms with Crippen molar-refractivity contribution in [3.05, 3.63) is 27.7 Å². The zero-order valence-corrected chi connectivity index (χ0v) is 12.4. The molecule has 5 nitrogen and oxygen atoms in total. The predicted octanol–water partition coefficient (Wildman–Crippen LogP) is 2.44. The summed E-state index contributed by atoms with van der Waals surface area (Å²) >= 11 is 11.8. The molecule has 0 fully saturated rings. The first-order valence-corrected chi connectivity index (χ1v) is 7.65. The van der Waals surface area contributed by atoms with E-state index < -0.39 is 16.0 Å². The topological polar surface area (TPSA) is 83.5 Å². The molecule has 8 heteroatoms. The highest BCUT2D eigenvalue weighted by Crippen LogP contribution is 2.31. The Labute approximate surface area is 121 Å². The molecule has 1 aromatic carbocycles. The van der Waals surface area contributed by atoms with Crippen molar-refractivity contribution in [2.75, 3.05) is 6.54 Å². The number of aryl methyl sites for hydroxylation is 1. The van der Waals surface area contributed by atoms with Gasteiger partial charge in [0.1, 0.15) is 4.90 Å². The minimum atomic E-state index is -3.85. The van der Waals surface area contributed by atoms with Gasteiger partial charge >= 0.3 is 5.97 Å². The summed E-state index contributed by atoms with van der Waals surface area (Å²) in [7, 11) is -3.85. The Morgan fingerprint density at radius 3 is 2.58 bits per heavy atom. The molecule has 0 aliphatic carbocycles. The van der Waals surface area contributed by atoms with Gasteiger partial charge in [0, 0.05) is 13.0 Å². The van der Waals surface area contributed by atoms with Gasteiger partial charge in [-0.25, -0.2) is 13.1 Å². The van der Waals surface area contributed by atoms with Crippen molar-refractivity contribution >= 4 is 39.2 Å². The third-order valence-electron chi connectivity index (χ3n) is 2.37. The van der Waals surface area contributed by atoms with Crippen LogP contribution in [0.25, 0.3) is 0 Å². The number of hydrogen-bond donors (Lipinski definition) is 2. The van der Waals surface area contributed by atoms with Crippen LogP contribution in [0.4, 0.5) is 0 Å². The molecular formula is C11H13Cl2NO4S. The first-order chi connectivity index (χ1) is 8.75. The fourth-order valence-electron chi connectivity index (χ4n) is 1.40. The van der Waals surface area contributed by atoms with Crippen molar-refractivity contribution < 1.29 is 18.3 Å². The van der Waals surface area contributed by atoms with Crippen molar-refractivity contribution in [2.45, 2.75) is 24.7 Å². The van der Waals surface area contributed by atoms with E-state index in [-0.39, 0.29) is 34.3 Å². The summed E-state index contributed by atoms with van der Waals surface area (Å²) in [5, 5.41) is 8.56. The smallest absolute Gasteiger partial charge is 0.303 e. The maximum atomic E-state index is 12.0. The first-order valence-electron chi connectivity index (χ1n) is 5.42. The number of aliphatic carboxylic acids is 1. The van der Waals surface area contributed by atoms with E-state index in [1.165, 1.54) is 6.07 Å². The lowest BCUT2D eigenvalue weighted by Crippen LogP contribution is -2.26. The summed E-state index contributed by atoms with van der Waals surface area (Å²) in [5.74, 6) is -0.981. The van der Waals surface area contributed by atoms with Gasteiger partial charge in [-0.2, -0.15) is 0 Å². The Balaban J connectivity index is 2.89. The average molecular weight is 326 g/mol. The number of benzene rings is 1. The van der Waals surface area contributed by atoms with Crippen LogP contribution < -0.4 is 4.72 Å². The Bertz CT molecular complexity index is 587. The molecule has 0 atom stereocenters. The number of nitrogens with one attached hydrogen (secondary N) is 1. The van der Waals surface area contributed by atoms with E-state index in [9.17, 15) is 13.2 Å². The maximum absolute atomic E-state index is 12.0. The highest BCUT2D eigenvalue weighted by atomic mass is 35.5. The minimum absolute atomic E-state index is 0.00916. The van der Waals surface area contributed by atoms with E-state index in [2.05, 4.69) is 4.72 Å². The van der Waals surface area contributed by atoms with E-state index in [1.807, 2.05) is 0 Å². The van der Waals surface area contributed by atoms with E-state index in [1.54, 1.807) is 13.0 Å². The fraction of sp³-hybridized carbons (Fsp3) is 0.364. The number of carboxylic acid groups (broad SMARTS) is 1. The summed E-state index contributed by atoms with van der Waals surface area (Å²) < 4.78 is 26.4. The van der Waals surface area contributed by atoms with Gasteiger partial charge in [0.15, 0.2) is 0 Å². The molecule has 0 amide bonds. The number of carbonyl (C=O) groups is 1. The van der Waals surface area contributed by atoms with Gasteiger partial charge < -0.3 is 5.11 Å². The maximum Gasteiger partial charge on any atom is 0.303 e. The zero-order chi connectivity index (χ0) is 14.6. The molecule has 106 valence electrons. The normalized spacial score (nSPS) is 11.5. The van der Waals surface area contributed by atoms with Crippen LogP contribution in [0.3, 0.4) is 0 Å². The quantitative estimate of drug-likeness (QED) is 0.787. The van der Waals surface area contributed by atoms with Crippen LogP contribution in [0, 0.1) is 6.92 Å². The molecule has 0 spiro atoms. The van der Waals surface area contributed by atoms with Crippen molar-refractivity contribution in [1.29, 1.82) is 0 Å². The molecule has 0 saturated heterocycles. The van der Waals surface area contributed by atoms with Gasteiger partial charge in [0.25, 0.3) is 0 Å². The molecule has 19 heavy (non-hydrogen) atoms. The Kier molecular flexibility index (Phi) is 5.61. The van der Waals surface area contributed by atoms with Crippen LogP contribution in [-0.2, 0) is 14.8 Å². The molecule has 0 aliphatic heterocycles. The van der Waals surface area contributed by atoms with Crippen molar-refractivity contribution in [3.63, 3.8) is 0 Å². The van der Waals surface area contributed by atoms with Crippen LogP contribution >= 0.6 is 23.2 Å². The van der Waals surface area contributed by atoms with E-state index in [0.717, 1.165) is 0 Å². The van der Waals surface area contributed by atoms with Gasteiger partial charge in [-0.15, -0.1) is 0 Å². The van der Waals surface area contributed by atoms with E-state index >= 15 is 0 Å². The highest BCUT2D eigenvalue weighted by Gasteiger charge is 2.22. The third kappa shape index (κ3) is 4.35. The lowest BCUT2D eigenvalue weighted by atomic mass is 10.2. The zero-order valence-electron chi connectivity index (χ0n) is 10.1. The SMILES string of the molecule is Cc1ccc(Cl)c(S(=O)(=O)NCCCC(=O)O)c1Cl. The third-order valence-corrected chi connectivity index (χ3v) is 4.94. The molecule has 0 bridgehead atoms. The van der Waals surface area contributed by atoms with Gasteiger partial charge in [-0.1, -0.05) is 29.3 Å². The molecule has 0 radical (unpaired) electrons. The summed E-state index contributed by atoms with van der Waals surface area (Å²) in [6, 6.07) is 3.07. The molecule has 0 unspecified atom stereocenters. The van der Waals surface area contributed by atoms with Gasteiger partial charge in [0.2, 0.25) is 10.0 Å². The number of carboxylic acids is 1. The van der Waals surface area contributed by atoms with Crippen LogP contribution in [0.5, 0.6) is 0 Å².